The maximum absolute atomic E-state index is 12.5. The first-order chi connectivity index (χ1) is 12.1. The zero-order valence-corrected chi connectivity index (χ0v) is 14.9. The third-order valence-electron chi connectivity index (χ3n) is 4.00. The normalized spacial score (nSPS) is 15.0. The van der Waals surface area contributed by atoms with Crippen LogP contribution < -0.4 is 5.56 Å². The maximum Gasteiger partial charge on any atom is 0.263 e. The molecule has 6 nitrogen and oxygen atoms in total. The average molecular weight is 382 g/mol. The number of carbonyl (C=O) groups is 1. The Morgan fingerprint density at radius 2 is 2.00 bits per heavy atom. The molecule has 0 aliphatic carbocycles. The number of hydrogen-bond acceptors (Lipinski definition) is 4. The van der Waals surface area contributed by atoms with Crippen LogP contribution in [0.4, 0.5) is 0 Å². The molecule has 1 amide bonds. The molecule has 1 aliphatic rings. The minimum atomic E-state index is -0.469. The average Bonchev–Trinajstić information content (AvgIpc) is 2.87. The highest BCUT2D eigenvalue weighted by Crippen LogP contribution is 2.25. The molecule has 1 aromatic carbocycles. The van der Waals surface area contributed by atoms with Crippen molar-refractivity contribution in [2.45, 2.75) is 12.8 Å². The van der Waals surface area contributed by atoms with Gasteiger partial charge in [0.15, 0.2) is 0 Å². The van der Waals surface area contributed by atoms with Crippen LogP contribution in [0.5, 0.6) is 0 Å². The van der Waals surface area contributed by atoms with E-state index in [4.69, 9.17) is 27.9 Å². The lowest BCUT2D eigenvalue weighted by atomic mass is 10.1. The van der Waals surface area contributed by atoms with Crippen molar-refractivity contribution in [2.75, 3.05) is 26.3 Å². The number of benzene rings is 1. The van der Waals surface area contributed by atoms with Crippen molar-refractivity contribution in [2.24, 2.45) is 0 Å². The number of rotatable bonds is 3. The topological polar surface area (TPSA) is 75.3 Å². The van der Waals surface area contributed by atoms with E-state index in [0.717, 1.165) is 6.42 Å². The molecule has 1 fully saturated rings. The van der Waals surface area contributed by atoms with E-state index in [1.165, 1.54) is 6.20 Å². The van der Waals surface area contributed by atoms with Crippen molar-refractivity contribution in [3.05, 3.63) is 61.7 Å². The molecule has 3 rings (SSSR count). The Morgan fingerprint density at radius 3 is 2.72 bits per heavy atom. The number of nitrogens with zero attached hydrogens (tertiary/aromatic N) is 2. The van der Waals surface area contributed by atoms with Gasteiger partial charge in [-0.2, -0.15) is 0 Å². The summed E-state index contributed by atoms with van der Waals surface area (Å²) < 4.78 is 5.33. The monoisotopic (exact) mass is 381 g/mol. The van der Waals surface area contributed by atoms with Crippen LogP contribution >= 0.6 is 23.2 Å². The molecular formula is C17H17Cl2N3O3. The Kier molecular flexibility index (Phi) is 5.73. The summed E-state index contributed by atoms with van der Waals surface area (Å²) in [5, 5.41) is 1.000. The zero-order chi connectivity index (χ0) is 17.8. The first-order valence-corrected chi connectivity index (χ1v) is 8.70. The summed E-state index contributed by atoms with van der Waals surface area (Å²) in [6.45, 7) is 2.13. The molecule has 2 aromatic rings. The van der Waals surface area contributed by atoms with Crippen LogP contribution in [-0.2, 0) is 11.2 Å². The van der Waals surface area contributed by atoms with Crippen molar-refractivity contribution >= 4 is 29.1 Å². The fraction of sp³-hybridized carbons (Fsp3) is 0.353. The Morgan fingerprint density at radius 1 is 1.24 bits per heavy atom. The van der Waals surface area contributed by atoms with Crippen molar-refractivity contribution in [3.63, 3.8) is 0 Å². The van der Waals surface area contributed by atoms with Crippen LogP contribution in [0.2, 0.25) is 10.0 Å². The highest BCUT2D eigenvalue weighted by Gasteiger charge is 2.21. The molecular weight excluding hydrogens is 365 g/mol. The second kappa shape index (κ2) is 7.99. The van der Waals surface area contributed by atoms with Gasteiger partial charge in [-0.15, -0.1) is 0 Å². The van der Waals surface area contributed by atoms with E-state index in [9.17, 15) is 9.59 Å². The van der Waals surface area contributed by atoms with E-state index < -0.39 is 5.56 Å². The molecule has 0 saturated carbocycles. The van der Waals surface area contributed by atoms with Crippen molar-refractivity contribution < 1.29 is 9.53 Å². The van der Waals surface area contributed by atoms with Gasteiger partial charge in [-0.3, -0.25) is 9.59 Å². The van der Waals surface area contributed by atoms with Gasteiger partial charge < -0.3 is 14.6 Å². The molecule has 1 aromatic heterocycles. The van der Waals surface area contributed by atoms with Gasteiger partial charge >= 0.3 is 0 Å². The lowest BCUT2D eigenvalue weighted by molar-refractivity contribution is 0.0739. The van der Waals surface area contributed by atoms with Gasteiger partial charge in [-0.1, -0.05) is 29.3 Å². The fourth-order valence-corrected chi connectivity index (χ4v) is 3.19. The van der Waals surface area contributed by atoms with E-state index in [2.05, 4.69) is 9.97 Å². The summed E-state index contributed by atoms with van der Waals surface area (Å²) in [5.41, 5.74) is 0.233. The van der Waals surface area contributed by atoms with Gasteiger partial charge in [0.25, 0.3) is 11.5 Å². The Labute approximate surface area is 154 Å². The van der Waals surface area contributed by atoms with Crippen LogP contribution in [0.3, 0.4) is 0 Å². The first kappa shape index (κ1) is 17.9. The van der Waals surface area contributed by atoms with Gasteiger partial charge in [0.1, 0.15) is 11.4 Å². The molecule has 0 atom stereocenters. The summed E-state index contributed by atoms with van der Waals surface area (Å²) in [4.78, 5) is 33.3. The third-order valence-corrected chi connectivity index (χ3v) is 4.71. The van der Waals surface area contributed by atoms with Crippen LogP contribution in [0.25, 0.3) is 0 Å². The molecule has 132 valence electrons. The summed E-state index contributed by atoms with van der Waals surface area (Å²) in [6.07, 6.45) is 2.34. The summed E-state index contributed by atoms with van der Waals surface area (Å²) in [7, 11) is 0. The van der Waals surface area contributed by atoms with Crippen LogP contribution in [0, 0.1) is 0 Å². The largest absolute Gasteiger partial charge is 0.380 e. The number of nitrogens with one attached hydrogen (secondary N) is 1. The Balaban J connectivity index is 1.81. The molecule has 25 heavy (non-hydrogen) atoms. The van der Waals surface area contributed by atoms with Gasteiger partial charge in [-0.25, -0.2) is 4.98 Å². The summed E-state index contributed by atoms with van der Waals surface area (Å²) in [6, 6.07) is 5.19. The highest BCUT2D eigenvalue weighted by atomic mass is 35.5. The number of carbonyl (C=O) groups excluding carboxylic acids is 1. The summed E-state index contributed by atoms with van der Waals surface area (Å²) >= 11 is 12.3. The highest BCUT2D eigenvalue weighted by molar-refractivity contribution is 6.36. The minimum absolute atomic E-state index is 0.0240. The second-order valence-electron chi connectivity index (χ2n) is 5.71. The lowest BCUT2D eigenvalue weighted by Gasteiger charge is -2.19. The van der Waals surface area contributed by atoms with Gasteiger partial charge in [-0.05, 0) is 24.1 Å². The van der Waals surface area contributed by atoms with E-state index in [1.807, 2.05) is 0 Å². The van der Waals surface area contributed by atoms with Gasteiger partial charge in [0.2, 0.25) is 0 Å². The number of aromatic nitrogens is 2. The first-order valence-electron chi connectivity index (χ1n) is 7.94. The molecule has 1 aliphatic heterocycles. The number of H-pyrrole nitrogens is 1. The van der Waals surface area contributed by atoms with E-state index in [0.29, 0.717) is 47.7 Å². The lowest BCUT2D eigenvalue weighted by Crippen LogP contribution is -2.37. The standard InChI is InChI=1S/C17H17Cl2N3O3/c18-13-3-1-4-14(19)11(13)9-15-20-10-12(16(23)21-15)17(24)22-5-2-7-25-8-6-22/h1,3-4,10H,2,5-9H2,(H,20,21,23). The number of hydrogen-bond donors (Lipinski definition) is 1. The molecule has 1 saturated heterocycles. The van der Waals surface area contributed by atoms with Crippen molar-refractivity contribution in [1.82, 2.24) is 14.9 Å². The predicted molar refractivity (Wildman–Crippen MR) is 95.5 cm³/mol. The van der Waals surface area contributed by atoms with Crippen LogP contribution in [0.15, 0.2) is 29.2 Å². The number of aromatic amines is 1. The quantitative estimate of drug-likeness (QED) is 0.885. The predicted octanol–water partition coefficient (Wildman–Crippen LogP) is 2.53. The molecule has 0 unspecified atom stereocenters. The molecule has 0 bridgehead atoms. The number of amides is 1. The Bertz CT molecular complexity index is 810. The van der Waals surface area contributed by atoms with Gasteiger partial charge in [0, 0.05) is 42.4 Å². The number of ether oxygens (including phenoxy) is 1. The maximum atomic E-state index is 12.5. The molecule has 0 spiro atoms. The van der Waals surface area contributed by atoms with Crippen LogP contribution in [0.1, 0.15) is 28.2 Å². The number of halogens is 2. The molecule has 0 radical (unpaired) electrons. The fourth-order valence-electron chi connectivity index (χ4n) is 2.66. The minimum Gasteiger partial charge on any atom is -0.380 e. The zero-order valence-electron chi connectivity index (χ0n) is 13.4. The molecule has 2 heterocycles. The van der Waals surface area contributed by atoms with E-state index >= 15 is 0 Å². The smallest absolute Gasteiger partial charge is 0.263 e. The third kappa shape index (κ3) is 4.21. The second-order valence-corrected chi connectivity index (χ2v) is 6.52. The molecule has 8 heteroatoms. The van der Waals surface area contributed by atoms with E-state index in [1.54, 1.807) is 23.1 Å². The summed E-state index contributed by atoms with van der Waals surface area (Å²) in [5.74, 6) is 0.0670. The Hall–Kier alpha value is -1.89. The van der Waals surface area contributed by atoms with Gasteiger partial charge in [0.05, 0.1) is 6.61 Å². The van der Waals surface area contributed by atoms with E-state index in [-0.39, 0.29) is 17.9 Å². The van der Waals surface area contributed by atoms with Crippen molar-refractivity contribution in [1.29, 1.82) is 0 Å². The van der Waals surface area contributed by atoms with Crippen molar-refractivity contribution in [3.8, 4) is 0 Å². The molecule has 1 N–H and O–H groups in total. The SMILES string of the molecule is O=C(c1cnc(Cc2c(Cl)cccc2Cl)[nH]c1=O)N1CCCOCC1. The van der Waals surface area contributed by atoms with Crippen LogP contribution in [-0.4, -0.2) is 47.1 Å².